The zero-order valence-corrected chi connectivity index (χ0v) is 11.3. The quantitative estimate of drug-likeness (QED) is 0.918. The Balaban J connectivity index is 2.12. The van der Waals surface area contributed by atoms with Crippen LogP contribution in [0.3, 0.4) is 0 Å². The molecule has 94 valence electrons. The van der Waals surface area contributed by atoms with Crippen LogP contribution in [-0.4, -0.2) is 16.0 Å². The van der Waals surface area contributed by atoms with Crippen molar-refractivity contribution < 1.29 is 0 Å². The summed E-state index contributed by atoms with van der Waals surface area (Å²) in [6, 6.07) is 8.01. The molecule has 18 heavy (non-hydrogen) atoms. The lowest BCUT2D eigenvalue weighted by Crippen LogP contribution is -2.21. The number of halogens is 1. The van der Waals surface area contributed by atoms with Gasteiger partial charge in [0.2, 0.25) is 0 Å². The molecule has 0 fully saturated rings. The van der Waals surface area contributed by atoms with E-state index in [-0.39, 0.29) is 0 Å². The first kappa shape index (κ1) is 13.0. The maximum Gasteiger partial charge on any atom is 0.159 e. The minimum absolute atomic E-state index is 0.456. The predicted molar refractivity (Wildman–Crippen MR) is 74.5 cm³/mol. The first-order valence-corrected chi connectivity index (χ1v) is 6.33. The van der Waals surface area contributed by atoms with E-state index in [0.29, 0.717) is 16.9 Å². The van der Waals surface area contributed by atoms with E-state index in [9.17, 15) is 0 Å². The number of aromatic nitrogens is 2. The summed E-state index contributed by atoms with van der Waals surface area (Å²) in [4.78, 5) is 8.72. The van der Waals surface area contributed by atoms with Crippen molar-refractivity contribution in [3.05, 3.63) is 47.2 Å². The zero-order valence-electron chi connectivity index (χ0n) is 10.5. The van der Waals surface area contributed by atoms with Crippen molar-refractivity contribution in [2.45, 2.75) is 26.4 Å². The van der Waals surface area contributed by atoms with Crippen LogP contribution in [0.1, 0.15) is 19.4 Å². The molecule has 0 aliphatic heterocycles. The summed E-state index contributed by atoms with van der Waals surface area (Å²) in [6.07, 6.45) is 3.69. The van der Waals surface area contributed by atoms with Crippen molar-refractivity contribution in [3.8, 4) is 11.4 Å². The molecule has 2 aromatic rings. The van der Waals surface area contributed by atoms with Gasteiger partial charge in [-0.1, -0.05) is 37.6 Å². The van der Waals surface area contributed by atoms with Gasteiger partial charge in [-0.3, -0.25) is 0 Å². The van der Waals surface area contributed by atoms with Crippen molar-refractivity contribution in [2.24, 2.45) is 0 Å². The van der Waals surface area contributed by atoms with E-state index >= 15 is 0 Å². The first-order valence-electron chi connectivity index (χ1n) is 5.95. The molecule has 0 spiro atoms. The van der Waals surface area contributed by atoms with Crippen molar-refractivity contribution in [2.75, 3.05) is 0 Å². The van der Waals surface area contributed by atoms with Gasteiger partial charge in [0.1, 0.15) is 0 Å². The first-order chi connectivity index (χ1) is 8.65. The molecule has 0 radical (unpaired) electrons. The molecule has 0 unspecified atom stereocenters. The van der Waals surface area contributed by atoms with E-state index in [1.807, 2.05) is 36.7 Å². The van der Waals surface area contributed by atoms with E-state index < -0.39 is 0 Å². The van der Waals surface area contributed by atoms with Gasteiger partial charge in [-0.15, -0.1) is 0 Å². The van der Waals surface area contributed by atoms with E-state index in [4.69, 9.17) is 11.6 Å². The highest BCUT2D eigenvalue weighted by atomic mass is 35.5. The molecule has 0 amide bonds. The van der Waals surface area contributed by atoms with Gasteiger partial charge in [-0.05, 0) is 12.1 Å². The largest absolute Gasteiger partial charge is 0.310 e. The van der Waals surface area contributed by atoms with Crippen LogP contribution in [0.4, 0.5) is 0 Å². The summed E-state index contributed by atoms with van der Waals surface area (Å²) < 4.78 is 0. The highest BCUT2D eigenvalue weighted by Gasteiger charge is 2.02. The lowest BCUT2D eigenvalue weighted by Gasteiger charge is -2.07. The van der Waals surface area contributed by atoms with Gasteiger partial charge in [0.15, 0.2) is 5.82 Å². The minimum atomic E-state index is 0.456. The second kappa shape index (κ2) is 5.94. The summed E-state index contributed by atoms with van der Waals surface area (Å²) in [5, 5.41) is 4.02. The molecular formula is C14H16ClN3. The normalized spacial score (nSPS) is 10.9. The Morgan fingerprint density at radius 2 is 1.94 bits per heavy atom. The van der Waals surface area contributed by atoms with Gasteiger partial charge < -0.3 is 5.32 Å². The molecule has 0 aliphatic carbocycles. The Morgan fingerprint density at radius 3 is 2.56 bits per heavy atom. The minimum Gasteiger partial charge on any atom is -0.310 e. The number of nitrogens with zero attached hydrogens (tertiary/aromatic N) is 2. The summed E-state index contributed by atoms with van der Waals surface area (Å²) in [6.45, 7) is 5.01. The molecule has 1 aromatic heterocycles. The summed E-state index contributed by atoms with van der Waals surface area (Å²) in [5.41, 5.74) is 2.01. The highest BCUT2D eigenvalue weighted by molar-refractivity contribution is 6.30. The molecular weight excluding hydrogens is 246 g/mol. The van der Waals surface area contributed by atoms with Crippen LogP contribution >= 0.6 is 11.6 Å². The molecule has 0 saturated carbocycles. The third kappa shape index (κ3) is 3.52. The van der Waals surface area contributed by atoms with Crippen LogP contribution in [0.25, 0.3) is 11.4 Å². The van der Waals surface area contributed by atoms with Gasteiger partial charge in [-0.25, -0.2) is 9.97 Å². The third-order valence-electron chi connectivity index (χ3n) is 2.50. The van der Waals surface area contributed by atoms with Crippen LogP contribution in [0, 0.1) is 0 Å². The maximum atomic E-state index is 5.95. The van der Waals surface area contributed by atoms with Crippen molar-refractivity contribution >= 4 is 11.6 Å². The number of hydrogen-bond acceptors (Lipinski definition) is 3. The lowest BCUT2D eigenvalue weighted by molar-refractivity contribution is 0.587. The Morgan fingerprint density at radius 1 is 1.22 bits per heavy atom. The smallest absolute Gasteiger partial charge is 0.159 e. The fourth-order valence-electron chi connectivity index (χ4n) is 1.54. The van der Waals surface area contributed by atoms with Gasteiger partial charge in [0.05, 0.1) is 0 Å². The second-order valence-electron chi connectivity index (χ2n) is 4.46. The highest BCUT2D eigenvalue weighted by Crippen LogP contribution is 2.18. The van der Waals surface area contributed by atoms with Crippen LogP contribution in [0.5, 0.6) is 0 Å². The molecule has 1 aromatic carbocycles. The molecule has 0 aliphatic rings. The second-order valence-corrected chi connectivity index (χ2v) is 4.90. The molecule has 2 rings (SSSR count). The average Bonchev–Trinajstić information content (AvgIpc) is 2.37. The van der Waals surface area contributed by atoms with Gasteiger partial charge in [0, 0.05) is 41.1 Å². The Kier molecular flexibility index (Phi) is 4.28. The van der Waals surface area contributed by atoms with Gasteiger partial charge >= 0.3 is 0 Å². The SMILES string of the molecule is CC(C)NCc1cnc(-c2cccc(Cl)c2)nc1. The fourth-order valence-corrected chi connectivity index (χ4v) is 1.73. The third-order valence-corrected chi connectivity index (χ3v) is 2.74. The molecule has 0 saturated heterocycles. The van der Waals surface area contributed by atoms with Crippen LogP contribution in [0.2, 0.25) is 5.02 Å². The predicted octanol–water partition coefficient (Wildman–Crippen LogP) is 3.30. The Hall–Kier alpha value is -1.45. The van der Waals surface area contributed by atoms with Crippen molar-refractivity contribution in [3.63, 3.8) is 0 Å². The molecule has 1 N–H and O–H groups in total. The Labute approximate surface area is 112 Å². The van der Waals surface area contributed by atoms with Crippen LogP contribution in [-0.2, 0) is 6.54 Å². The molecule has 3 nitrogen and oxygen atoms in total. The topological polar surface area (TPSA) is 37.8 Å². The van der Waals surface area contributed by atoms with Crippen molar-refractivity contribution in [1.82, 2.24) is 15.3 Å². The van der Waals surface area contributed by atoms with Gasteiger partial charge in [0.25, 0.3) is 0 Å². The number of rotatable bonds is 4. The van der Waals surface area contributed by atoms with Crippen LogP contribution < -0.4 is 5.32 Å². The Bertz CT molecular complexity index is 509. The molecule has 4 heteroatoms. The van der Waals surface area contributed by atoms with Crippen LogP contribution in [0.15, 0.2) is 36.7 Å². The van der Waals surface area contributed by atoms with E-state index in [1.165, 1.54) is 0 Å². The maximum absolute atomic E-state index is 5.95. The van der Waals surface area contributed by atoms with E-state index in [0.717, 1.165) is 17.7 Å². The van der Waals surface area contributed by atoms with E-state index in [2.05, 4.69) is 29.1 Å². The number of nitrogens with one attached hydrogen (secondary N) is 1. The molecule has 0 bridgehead atoms. The van der Waals surface area contributed by atoms with Gasteiger partial charge in [-0.2, -0.15) is 0 Å². The van der Waals surface area contributed by atoms with Crippen molar-refractivity contribution in [1.29, 1.82) is 0 Å². The average molecular weight is 262 g/mol. The molecule has 0 atom stereocenters. The standard InChI is InChI=1S/C14H16ClN3/c1-10(2)16-7-11-8-17-14(18-9-11)12-4-3-5-13(15)6-12/h3-6,8-10,16H,7H2,1-2H3. The number of benzene rings is 1. The monoisotopic (exact) mass is 261 g/mol. The summed E-state index contributed by atoms with van der Waals surface area (Å²) >= 11 is 5.95. The fraction of sp³-hybridized carbons (Fsp3) is 0.286. The summed E-state index contributed by atoms with van der Waals surface area (Å²) in [5.74, 6) is 0.700. The number of hydrogen-bond donors (Lipinski definition) is 1. The lowest BCUT2D eigenvalue weighted by atomic mass is 10.2. The zero-order chi connectivity index (χ0) is 13.0. The molecule has 1 heterocycles. The summed E-state index contributed by atoms with van der Waals surface area (Å²) in [7, 11) is 0. The van der Waals surface area contributed by atoms with E-state index in [1.54, 1.807) is 0 Å².